The Kier molecular flexibility index (Phi) is 5.30. The maximum absolute atomic E-state index is 5.78. The van der Waals surface area contributed by atoms with Crippen LogP contribution in [0.1, 0.15) is 25.7 Å². The fourth-order valence-corrected chi connectivity index (χ4v) is 1.75. The van der Waals surface area contributed by atoms with Gasteiger partial charge in [-0.05, 0) is 6.92 Å². The van der Waals surface area contributed by atoms with Crippen molar-refractivity contribution in [1.29, 1.82) is 0 Å². The first-order valence-electron chi connectivity index (χ1n) is 7.13. The average molecular weight is 299 g/mol. The maximum atomic E-state index is 5.78. The summed E-state index contributed by atoms with van der Waals surface area (Å²) in [6, 6.07) is 9.70. The molecule has 0 saturated carbocycles. The van der Waals surface area contributed by atoms with Crippen molar-refractivity contribution in [3.05, 3.63) is 48.4 Å². The molecule has 0 aliphatic rings. The largest absolute Gasteiger partial charge is 0.370 e. The van der Waals surface area contributed by atoms with Gasteiger partial charge in [0.05, 0.1) is 12.5 Å². The SMILES string of the molecule is C=C(C)CNC(N)=NCC(C)c1nc(-c2ccccc2)no1. The Hall–Kier alpha value is -2.63. The maximum Gasteiger partial charge on any atom is 0.231 e. The number of nitrogens with two attached hydrogens (primary N) is 1. The van der Waals surface area contributed by atoms with E-state index >= 15 is 0 Å². The zero-order valence-corrected chi connectivity index (χ0v) is 12.9. The molecule has 0 bridgehead atoms. The molecule has 0 amide bonds. The second kappa shape index (κ2) is 7.40. The van der Waals surface area contributed by atoms with Crippen LogP contribution in [-0.4, -0.2) is 29.2 Å². The van der Waals surface area contributed by atoms with Crippen molar-refractivity contribution in [3.8, 4) is 11.4 Å². The van der Waals surface area contributed by atoms with Crippen LogP contribution in [0.4, 0.5) is 0 Å². The van der Waals surface area contributed by atoms with Crippen LogP contribution < -0.4 is 11.1 Å². The molecule has 22 heavy (non-hydrogen) atoms. The van der Waals surface area contributed by atoms with Crippen LogP contribution in [0.3, 0.4) is 0 Å². The summed E-state index contributed by atoms with van der Waals surface area (Å²) in [4.78, 5) is 8.68. The number of guanidine groups is 1. The average Bonchev–Trinajstić information content (AvgIpc) is 3.01. The molecule has 0 aliphatic carbocycles. The van der Waals surface area contributed by atoms with E-state index in [1.165, 1.54) is 0 Å². The molecular weight excluding hydrogens is 278 g/mol. The van der Waals surface area contributed by atoms with Crippen molar-refractivity contribution >= 4 is 5.96 Å². The summed E-state index contributed by atoms with van der Waals surface area (Å²) in [7, 11) is 0. The lowest BCUT2D eigenvalue weighted by molar-refractivity contribution is 0.361. The van der Waals surface area contributed by atoms with Crippen LogP contribution in [0.25, 0.3) is 11.4 Å². The van der Waals surface area contributed by atoms with Crippen LogP contribution in [-0.2, 0) is 0 Å². The van der Waals surface area contributed by atoms with Gasteiger partial charge < -0.3 is 15.6 Å². The first-order valence-corrected chi connectivity index (χ1v) is 7.13. The van der Waals surface area contributed by atoms with Gasteiger partial charge in [-0.3, -0.25) is 4.99 Å². The van der Waals surface area contributed by atoms with Gasteiger partial charge in [0, 0.05) is 12.1 Å². The molecule has 6 nitrogen and oxygen atoms in total. The second-order valence-electron chi connectivity index (χ2n) is 5.26. The minimum absolute atomic E-state index is 0.00450. The van der Waals surface area contributed by atoms with E-state index in [1.807, 2.05) is 44.2 Å². The van der Waals surface area contributed by atoms with E-state index in [4.69, 9.17) is 10.3 Å². The smallest absolute Gasteiger partial charge is 0.231 e. The number of nitrogens with zero attached hydrogens (tertiary/aromatic N) is 3. The summed E-state index contributed by atoms with van der Waals surface area (Å²) >= 11 is 0. The Morgan fingerprint density at radius 3 is 2.82 bits per heavy atom. The van der Waals surface area contributed by atoms with Crippen LogP contribution >= 0.6 is 0 Å². The van der Waals surface area contributed by atoms with E-state index in [-0.39, 0.29) is 5.92 Å². The van der Waals surface area contributed by atoms with Crippen molar-refractivity contribution in [2.24, 2.45) is 10.7 Å². The molecule has 1 unspecified atom stereocenters. The third-order valence-corrected chi connectivity index (χ3v) is 3.00. The van der Waals surface area contributed by atoms with Crippen LogP contribution in [0.5, 0.6) is 0 Å². The van der Waals surface area contributed by atoms with Gasteiger partial charge in [0.25, 0.3) is 0 Å². The monoisotopic (exact) mass is 299 g/mol. The highest BCUT2D eigenvalue weighted by Crippen LogP contribution is 2.19. The third-order valence-electron chi connectivity index (χ3n) is 3.00. The van der Waals surface area contributed by atoms with Crippen molar-refractivity contribution in [2.45, 2.75) is 19.8 Å². The lowest BCUT2D eigenvalue weighted by Gasteiger charge is -2.06. The highest BCUT2D eigenvalue weighted by molar-refractivity contribution is 5.78. The van der Waals surface area contributed by atoms with Gasteiger partial charge in [-0.1, -0.05) is 54.6 Å². The molecule has 116 valence electrons. The van der Waals surface area contributed by atoms with E-state index in [9.17, 15) is 0 Å². The Bertz CT molecular complexity index is 648. The quantitative estimate of drug-likeness (QED) is 0.485. The number of nitrogens with one attached hydrogen (secondary N) is 1. The Morgan fingerprint density at radius 2 is 2.14 bits per heavy atom. The highest BCUT2D eigenvalue weighted by atomic mass is 16.5. The molecule has 0 radical (unpaired) electrons. The lowest BCUT2D eigenvalue weighted by Crippen LogP contribution is -2.33. The zero-order chi connectivity index (χ0) is 15.9. The van der Waals surface area contributed by atoms with Gasteiger partial charge in [0.2, 0.25) is 11.7 Å². The molecule has 1 atom stereocenters. The molecule has 0 fully saturated rings. The van der Waals surface area contributed by atoms with Crippen molar-refractivity contribution in [3.63, 3.8) is 0 Å². The molecule has 6 heteroatoms. The van der Waals surface area contributed by atoms with E-state index in [2.05, 4.69) is 27.0 Å². The highest BCUT2D eigenvalue weighted by Gasteiger charge is 2.14. The minimum atomic E-state index is -0.00450. The summed E-state index contributed by atoms with van der Waals surface area (Å²) in [6.45, 7) is 8.78. The summed E-state index contributed by atoms with van der Waals surface area (Å²) in [5, 5.41) is 6.98. The Morgan fingerprint density at radius 1 is 1.41 bits per heavy atom. The number of aliphatic imine (C=N–C) groups is 1. The molecule has 0 aliphatic heterocycles. The molecule has 3 N–H and O–H groups in total. The first-order chi connectivity index (χ1) is 10.6. The molecule has 0 spiro atoms. The summed E-state index contributed by atoms with van der Waals surface area (Å²) in [5.41, 5.74) is 7.70. The molecule has 1 aromatic heterocycles. The van der Waals surface area contributed by atoms with Gasteiger partial charge in [-0.2, -0.15) is 4.98 Å². The predicted octanol–water partition coefficient (Wildman–Crippen LogP) is 2.32. The van der Waals surface area contributed by atoms with Gasteiger partial charge in [-0.25, -0.2) is 0 Å². The number of benzene rings is 1. The fourth-order valence-electron chi connectivity index (χ4n) is 1.75. The van der Waals surface area contributed by atoms with E-state index < -0.39 is 0 Å². The van der Waals surface area contributed by atoms with Crippen LogP contribution in [0.15, 0.2) is 52.0 Å². The molecule has 1 heterocycles. The van der Waals surface area contributed by atoms with Gasteiger partial charge >= 0.3 is 0 Å². The number of hydrogen-bond donors (Lipinski definition) is 2. The lowest BCUT2D eigenvalue weighted by atomic mass is 10.2. The van der Waals surface area contributed by atoms with Gasteiger partial charge in [0.15, 0.2) is 5.96 Å². The molecule has 2 rings (SSSR count). The van der Waals surface area contributed by atoms with Crippen LogP contribution in [0, 0.1) is 0 Å². The van der Waals surface area contributed by atoms with E-state index in [0.29, 0.717) is 30.8 Å². The summed E-state index contributed by atoms with van der Waals surface area (Å²) in [6.07, 6.45) is 0. The number of rotatable bonds is 6. The van der Waals surface area contributed by atoms with Crippen molar-refractivity contribution in [2.75, 3.05) is 13.1 Å². The minimum Gasteiger partial charge on any atom is -0.370 e. The molecule has 2 aromatic rings. The predicted molar refractivity (Wildman–Crippen MR) is 87.5 cm³/mol. The van der Waals surface area contributed by atoms with E-state index in [1.54, 1.807) is 0 Å². The van der Waals surface area contributed by atoms with Crippen molar-refractivity contribution < 1.29 is 4.52 Å². The summed E-state index contributed by atoms with van der Waals surface area (Å²) < 4.78 is 5.31. The summed E-state index contributed by atoms with van der Waals surface area (Å²) in [5.74, 6) is 1.52. The Labute approximate surface area is 130 Å². The zero-order valence-electron chi connectivity index (χ0n) is 12.9. The molecule has 0 saturated heterocycles. The standard InChI is InChI=1S/C16H21N5O/c1-11(2)9-18-16(17)19-10-12(3)15-20-14(21-22-15)13-7-5-4-6-8-13/h4-8,12H,1,9-10H2,2-3H3,(H3,17,18,19). The second-order valence-corrected chi connectivity index (χ2v) is 5.26. The molecule has 1 aromatic carbocycles. The topological polar surface area (TPSA) is 89.3 Å². The van der Waals surface area contributed by atoms with Gasteiger partial charge in [-0.15, -0.1) is 0 Å². The fraction of sp³-hybridized carbons (Fsp3) is 0.312. The normalized spacial score (nSPS) is 12.9. The van der Waals surface area contributed by atoms with E-state index in [0.717, 1.165) is 11.1 Å². The number of aromatic nitrogens is 2. The van der Waals surface area contributed by atoms with Crippen LogP contribution in [0.2, 0.25) is 0 Å². The Balaban J connectivity index is 1.96. The van der Waals surface area contributed by atoms with Crippen molar-refractivity contribution in [1.82, 2.24) is 15.5 Å². The number of hydrogen-bond acceptors (Lipinski definition) is 4. The molecular formula is C16H21N5O. The third kappa shape index (κ3) is 4.44. The first kappa shape index (κ1) is 15.8. The van der Waals surface area contributed by atoms with Gasteiger partial charge in [0.1, 0.15) is 0 Å².